The molecule has 0 fully saturated rings. The third-order valence-corrected chi connectivity index (χ3v) is 6.90. The molecule has 0 heterocycles. The van der Waals surface area contributed by atoms with E-state index in [1.807, 2.05) is 0 Å². The van der Waals surface area contributed by atoms with Crippen LogP contribution in [0.1, 0.15) is 5.56 Å². The molecule has 0 aromatic heterocycles. The van der Waals surface area contributed by atoms with Crippen LogP contribution in [0.15, 0.2) is 24.3 Å². The molecule has 1 aromatic rings. The van der Waals surface area contributed by atoms with Gasteiger partial charge >= 0.3 is 0 Å². The molecule has 12 heavy (non-hydrogen) atoms. The van der Waals surface area contributed by atoms with Gasteiger partial charge in [-0.05, 0) is 6.92 Å². The van der Waals surface area contributed by atoms with Crippen molar-refractivity contribution in [1.29, 1.82) is 0 Å². The Morgan fingerprint density at radius 3 is 2.33 bits per heavy atom. The first-order valence-electron chi connectivity index (χ1n) is 4.20. The summed E-state index contributed by atoms with van der Waals surface area (Å²) < 4.78 is 0. The van der Waals surface area contributed by atoms with E-state index < -0.39 is 8.07 Å². The molecule has 0 aliphatic carbocycles. The molecule has 0 spiro atoms. The van der Waals surface area contributed by atoms with Gasteiger partial charge in [-0.2, -0.15) is 0 Å². The normalized spacial score (nSPS) is 11.7. The fourth-order valence-corrected chi connectivity index (χ4v) is 3.68. The predicted octanol–water partition coefficient (Wildman–Crippen LogP) is 2.69. The summed E-state index contributed by atoms with van der Waals surface area (Å²) in [6.45, 7) is 6.78. The second-order valence-electron chi connectivity index (χ2n) is 3.83. The molecule has 2 heteroatoms. The van der Waals surface area contributed by atoms with Gasteiger partial charge in [-0.25, -0.2) is 0 Å². The van der Waals surface area contributed by atoms with Crippen LogP contribution in [0.2, 0.25) is 13.1 Å². The summed E-state index contributed by atoms with van der Waals surface area (Å²) in [5.74, 6) is 0. The standard InChI is InChI=1S/C10H15ClSi/c1-9-6-4-5-7-10(9)12(2,3)8-11/h4-7H,8H2,1-3H3. The van der Waals surface area contributed by atoms with Crippen LogP contribution in [0.5, 0.6) is 0 Å². The van der Waals surface area contributed by atoms with Crippen LogP contribution in [-0.4, -0.2) is 13.6 Å². The van der Waals surface area contributed by atoms with Crippen LogP contribution in [0.3, 0.4) is 0 Å². The number of hydrogen-bond donors (Lipinski definition) is 0. The lowest BCUT2D eigenvalue weighted by molar-refractivity contribution is 1.49. The van der Waals surface area contributed by atoms with Crippen LogP contribution in [0, 0.1) is 6.92 Å². The molecule has 0 N–H and O–H groups in total. The zero-order valence-corrected chi connectivity index (χ0v) is 9.65. The van der Waals surface area contributed by atoms with Gasteiger partial charge in [0.2, 0.25) is 0 Å². The van der Waals surface area contributed by atoms with E-state index >= 15 is 0 Å². The van der Waals surface area contributed by atoms with Gasteiger partial charge in [0, 0.05) is 5.50 Å². The molecule has 0 radical (unpaired) electrons. The molecule has 0 atom stereocenters. The summed E-state index contributed by atoms with van der Waals surface area (Å²) in [5.41, 5.74) is 2.19. The molecule has 0 unspecified atom stereocenters. The van der Waals surface area contributed by atoms with Crippen molar-refractivity contribution in [2.75, 3.05) is 5.50 Å². The fourth-order valence-electron chi connectivity index (χ4n) is 1.40. The van der Waals surface area contributed by atoms with Crippen LogP contribution in [0.25, 0.3) is 0 Å². The summed E-state index contributed by atoms with van der Waals surface area (Å²) in [4.78, 5) is 0. The first kappa shape index (κ1) is 9.81. The minimum Gasteiger partial charge on any atom is -0.130 e. The number of alkyl halides is 1. The molecule has 0 bridgehead atoms. The minimum atomic E-state index is -1.33. The Morgan fingerprint density at radius 2 is 1.83 bits per heavy atom. The molecule has 1 aromatic carbocycles. The van der Waals surface area contributed by atoms with Crippen LogP contribution in [0.4, 0.5) is 0 Å². The van der Waals surface area contributed by atoms with Crippen molar-refractivity contribution in [1.82, 2.24) is 0 Å². The van der Waals surface area contributed by atoms with Gasteiger partial charge in [0.05, 0.1) is 8.07 Å². The van der Waals surface area contributed by atoms with E-state index in [2.05, 4.69) is 44.3 Å². The Hall–Kier alpha value is -0.273. The van der Waals surface area contributed by atoms with E-state index in [4.69, 9.17) is 11.6 Å². The van der Waals surface area contributed by atoms with E-state index in [-0.39, 0.29) is 0 Å². The van der Waals surface area contributed by atoms with Crippen molar-refractivity contribution in [2.24, 2.45) is 0 Å². The highest BCUT2D eigenvalue weighted by Crippen LogP contribution is 2.08. The summed E-state index contributed by atoms with van der Waals surface area (Å²) in [6.07, 6.45) is 0. The molecule has 0 aliphatic rings. The first-order valence-corrected chi connectivity index (χ1v) is 7.94. The average molecular weight is 199 g/mol. The SMILES string of the molecule is Cc1ccccc1[Si](C)(C)CCl. The molecular formula is C10H15ClSi. The maximum Gasteiger partial charge on any atom is 0.0962 e. The Balaban J connectivity index is 3.10. The van der Waals surface area contributed by atoms with Gasteiger partial charge in [-0.3, -0.25) is 0 Å². The number of aryl methyl sites for hydroxylation is 1. The third kappa shape index (κ3) is 1.90. The van der Waals surface area contributed by atoms with Gasteiger partial charge in [0.15, 0.2) is 0 Å². The number of hydrogen-bond acceptors (Lipinski definition) is 0. The lowest BCUT2D eigenvalue weighted by atomic mass is 10.2. The van der Waals surface area contributed by atoms with Gasteiger partial charge in [0.1, 0.15) is 0 Å². The first-order chi connectivity index (χ1) is 5.58. The molecule has 0 saturated carbocycles. The van der Waals surface area contributed by atoms with Gasteiger partial charge < -0.3 is 0 Å². The molecule has 0 amide bonds. The van der Waals surface area contributed by atoms with Crippen LogP contribution in [-0.2, 0) is 0 Å². The van der Waals surface area contributed by atoms with Crippen LogP contribution < -0.4 is 5.19 Å². The highest BCUT2D eigenvalue weighted by molar-refractivity contribution is 6.94. The Kier molecular flexibility index (Phi) is 2.97. The Labute approximate surface area is 80.6 Å². The van der Waals surface area contributed by atoms with E-state index in [9.17, 15) is 0 Å². The molecule has 0 nitrogen and oxygen atoms in total. The van der Waals surface area contributed by atoms with E-state index in [1.165, 1.54) is 10.8 Å². The Morgan fingerprint density at radius 1 is 1.25 bits per heavy atom. The Bertz CT molecular complexity index is 268. The predicted molar refractivity (Wildman–Crippen MR) is 59.0 cm³/mol. The van der Waals surface area contributed by atoms with Crippen molar-refractivity contribution in [3.05, 3.63) is 29.8 Å². The monoisotopic (exact) mass is 198 g/mol. The zero-order valence-electron chi connectivity index (χ0n) is 7.89. The van der Waals surface area contributed by atoms with Crippen molar-refractivity contribution in [2.45, 2.75) is 20.0 Å². The highest BCUT2D eigenvalue weighted by Gasteiger charge is 2.23. The van der Waals surface area contributed by atoms with Crippen molar-refractivity contribution in [3.8, 4) is 0 Å². The number of rotatable bonds is 2. The largest absolute Gasteiger partial charge is 0.130 e. The second-order valence-corrected chi connectivity index (χ2v) is 9.21. The van der Waals surface area contributed by atoms with E-state index in [0.717, 1.165) is 5.50 Å². The summed E-state index contributed by atoms with van der Waals surface area (Å²) in [7, 11) is -1.33. The van der Waals surface area contributed by atoms with Gasteiger partial charge in [0.25, 0.3) is 0 Å². The third-order valence-electron chi connectivity index (χ3n) is 2.21. The highest BCUT2D eigenvalue weighted by atomic mass is 35.5. The quantitative estimate of drug-likeness (QED) is 0.507. The van der Waals surface area contributed by atoms with E-state index in [1.54, 1.807) is 0 Å². The summed E-state index contributed by atoms with van der Waals surface area (Å²) in [5, 5.41) is 1.49. The molecule has 0 saturated heterocycles. The lowest BCUT2D eigenvalue weighted by Crippen LogP contribution is -2.45. The van der Waals surface area contributed by atoms with E-state index in [0.29, 0.717) is 0 Å². The van der Waals surface area contributed by atoms with Crippen molar-refractivity contribution >= 4 is 24.9 Å². The maximum atomic E-state index is 5.96. The maximum absolute atomic E-state index is 5.96. The average Bonchev–Trinajstić information content (AvgIpc) is 2.05. The van der Waals surface area contributed by atoms with Crippen molar-refractivity contribution < 1.29 is 0 Å². The van der Waals surface area contributed by atoms with Crippen LogP contribution >= 0.6 is 11.6 Å². The summed E-state index contributed by atoms with van der Waals surface area (Å²) >= 11 is 5.96. The summed E-state index contributed by atoms with van der Waals surface area (Å²) in [6, 6.07) is 8.56. The second kappa shape index (κ2) is 3.63. The molecule has 66 valence electrons. The lowest BCUT2D eigenvalue weighted by Gasteiger charge is -2.21. The minimum absolute atomic E-state index is 0.803. The topological polar surface area (TPSA) is 0 Å². The smallest absolute Gasteiger partial charge is 0.0962 e. The van der Waals surface area contributed by atoms with Crippen molar-refractivity contribution in [3.63, 3.8) is 0 Å². The number of halogens is 1. The molecule has 1 rings (SSSR count). The molecule has 0 aliphatic heterocycles. The van der Waals surface area contributed by atoms with Gasteiger partial charge in [-0.15, -0.1) is 11.6 Å². The number of benzene rings is 1. The van der Waals surface area contributed by atoms with Gasteiger partial charge in [-0.1, -0.05) is 48.1 Å². The molecular weight excluding hydrogens is 184 g/mol. The zero-order chi connectivity index (χ0) is 9.19. The fraction of sp³-hybridized carbons (Fsp3) is 0.400.